The number of nitrogens with zero attached hydrogens (tertiary/aromatic N) is 4. The highest BCUT2D eigenvalue weighted by Gasteiger charge is 2.20. The maximum Gasteiger partial charge on any atom is 0.232 e. The van der Waals surface area contributed by atoms with Crippen LogP contribution in [0.15, 0.2) is 29.2 Å². The molecule has 1 aromatic heterocycles. The molecule has 2 heterocycles. The predicted octanol–water partition coefficient (Wildman–Crippen LogP) is 4.81. The third kappa shape index (κ3) is 13.6. The van der Waals surface area contributed by atoms with Gasteiger partial charge < -0.3 is 10.2 Å². The van der Waals surface area contributed by atoms with Crippen molar-refractivity contribution in [1.82, 2.24) is 20.0 Å². The van der Waals surface area contributed by atoms with E-state index in [1.165, 1.54) is 0 Å². The Morgan fingerprint density at radius 1 is 1.07 bits per heavy atom. The van der Waals surface area contributed by atoms with Gasteiger partial charge in [0.2, 0.25) is 11.8 Å². The average Bonchev–Trinajstić information content (AvgIpc) is 3.19. The highest BCUT2D eigenvalue weighted by atomic mass is 16.4. The first kappa shape index (κ1) is 28.7. The van der Waals surface area contributed by atoms with Gasteiger partial charge in [-0.2, -0.15) is 0 Å². The molecular formula is C22H45N5O. The van der Waals surface area contributed by atoms with Gasteiger partial charge in [0.1, 0.15) is 0 Å². The van der Waals surface area contributed by atoms with Gasteiger partial charge in [-0.25, -0.2) is 0 Å². The van der Waals surface area contributed by atoms with E-state index in [2.05, 4.69) is 47.3 Å². The van der Waals surface area contributed by atoms with Crippen LogP contribution < -0.4 is 5.73 Å². The van der Waals surface area contributed by atoms with E-state index in [1.807, 2.05) is 52.8 Å². The van der Waals surface area contributed by atoms with Crippen molar-refractivity contribution in [3.05, 3.63) is 36.6 Å². The molecule has 0 radical (unpaired) electrons. The molecule has 1 fully saturated rings. The summed E-state index contributed by atoms with van der Waals surface area (Å²) in [6.45, 7) is 24.9. The Morgan fingerprint density at radius 3 is 1.89 bits per heavy atom. The molecule has 2 N–H and O–H groups in total. The molecule has 6 heteroatoms. The van der Waals surface area contributed by atoms with Crippen LogP contribution in [-0.2, 0) is 6.54 Å². The normalized spacial score (nSPS) is 15.6. The number of hydrogen-bond donors (Lipinski definition) is 1. The van der Waals surface area contributed by atoms with Crippen LogP contribution in [0.1, 0.15) is 79.6 Å². The van der Waals surface area contributed by atoms with Crippen molar-refractivity contribution in [2.24, 2.45) is 5.73 Å². The molecule has 0 aromatic carbocycles. The fourth-order valence-electron chi connectivity index (χ4n) is 2.14. The standard InChI is InChI=1S/C12H23N5O.2C4H8.C2H6/c1-9(2)17-6-4-16(5-7-17)8-11-14-15-12(18-11)10(3)13;2*1-3-4-2;1-2/h9-10H,4-8,13H2,1-3H3;3-4H,1-2H3;3H,1,4H2,2H3;1-2H3/b;4-3+;;/t10-;;;/m0.../s1. The van der Waals surface area contributed by atoms with Crippen LogP contribution >= 0.6 is 0 Å². The lowest BCUT2D eigenvalue weighted by Crippen LogP contribution is -2.48. The van der Waals surface area contributed by atoms with Gasteiger partial charge >= 0.3 is 0 Å². The first-order chi connectivity index (χ1) is 13.4. The van der Waals surface area contributed by atoms with Crippen molar-refractivity contribution < 1.29 is 4.42 Å². The van der Waals surface area contributed by atoms with E-state index in [9.17, 15) is 0 Å². The van der Waals surface area contributed by atoms with E-state index in [0.29, 0.717) is 17.8 Å². The number of allylic oxidation sites excluding steroid dienone is 3. The smallest absolute Gasteiger partial charge is 0.232 e. The molecule has 0 spiro atoms. The minimum Gasteiger partial charge on any atom is -0.422 e. The third-order valence-corrected chi connectivity index (χ3v) is 3.99. The molecule has 0 saturated carbocycles. The van der Waals surface area contributed by atoms with Crippen molar-refractivity contribution >= 4 is 0 Å². The Hall–Kier alpha value is -1.50. The third-order valence-electron chi connectivity index (χ3n) is 3.99. The van der Waals surface area contributed by atoms with Crippen LogP contribution in [0.2, 0.25) is 0 Å². The highest BCUT2D eigenvalue weighted by Crippen LogP contribution is 2.12. The molecule has 1 aliphatic rings. The van der Waals surface area contributed by atoms with E-state index in [-0.39, 0.29) is 6.04 Å². The molecule has 1 saturated heterocycles. The highest BCUT2D eigenvalue weighted by molar-refractivity contribution is 4.87. The Morgan fingerprint density at radius 2 is 1.57 bits per heavy atom. The Labute approximate surface area is 173 Å². The Bertz CT molecular complexity index is 485. The van der Waals surface area contributed by atoms with Crippen LogP contribution in [0, 0.1) is 0 Å². The fraction of sp³-hybridized carbons (Fsp3) is 0.727. The average molecular weight is 396 g/mol. The van der Waals surface area contributed by atoms with Gasteiger partial charge in [-0.1, -0.05) is 39.0 Å². The van der Waals surface area contributed by atoms with Gasteiger partial charge in [-0.3, -0.25) is 9.80 Å². The SMILES string of the molecule is C/C=C/C.C=CCC.CC.CC(C)N1CCN(Cc2nnc([C@H](C)N)o2)CC1. The second-order valence-electron chi connectivity index (χ2n) is 6.59. The van der Waals surface area contributed by atoms with E-state index >= 15 is 0 Å². The van der Waals surface area contributed by atoms with Gasteiger partial charge in [-0.15, -0.1) is 16.8 Å². The Kier molecular flexibility index (Phi) is 19.3. The lowest BCUT2D eigenvalue weighted by molar-refractivity contribution is 0.0974. The summed E-state index contributed by atoms with van der Waals surface area (Å²) in [7, 11) is 0. The number of aromatic nitrogens is 2. The molecule has 1 atom stereocenters. The summed E-state index contributed by atoms with van der Waals surface area (Å²) >= 11 is 0. The van der Waals surface area contributed by atoms with Gasteiger partial charge in [0.15, 0.2) is 0 Å². The zero-order valence-electron chi connectivity index (χ0n) is 19.6. The second-order valence-corrected chi connectivity index (χ2v) is 6.59. The predicted molar refractivity (Wildman–Crippen MR) is 121 cm³/mol. The molecule has 2 rings (SSSR count). The first-order valence-corrected chi connectivity index (χ1v) is 10.6. The van der Waals surface area contributed by atoms with Crippen LogP contribution in [0.25, 0.3) is 0 Å². The van der Waals surface area contributed by atoms with Crippen molar-refractivity contribution in [1.29, 1.82) is 0 Å². The van der Waals surface area contributed by atoms with E-state index in [4.69, 9.17) is 10.2 Å². The summed E-state index contributed by atoms with van der Waals surface area (Å²) in [6.07, 6.45) is 6.96. The van der Waals surface area contributed by atoms with E-state index in [1.54, 1.807) is 0 Å². The van der Waals surface area contributed by atoms with Crippen molar-refractivity contribution in [3.8, 4) is 0 Å². The minimum absolute atomic E-state index is 0.191. The molecule has 0 aliphatic carbocycles. The maximum atomic E-state index is 5.70. The number of piperazine rings is 1. The summed E-state index contributed by atoms with van der Waals surface area (Å²) in [5.41, 5.74) is 5.70. The van der Waals surface area contributed by atoms with Gasteiger partial charge in [0.05, 0.1) is 12.6 Å². The van der Waals surface area contributed by atoms with Gasteiger partial charge in [0.25, 0.3) is 0 Å². The molecule has 0 amide bonds. The molecule has 6 nitrogen and oxygen atoms in total. The summed E-state index contributed by atoms with van der Waals surface area (Å²) in [4.78, 5) is 4.83. The largest absolute Gasteiger partial charge is 0.422 e. The number of nitrogens with two attached hydrogens (primary N) is 1. The number of hydrogen-bond acceptors (Lipinski definition) is 6. The lowest BCUT2D eigenvalue weighted by atomic mass is 10.2. The zero-order valence-corrected chi connectivity index (χ0v) is 19.6. The van der Waals surface area contributed by atoms with Crippen LogP contribution in [0.4, 0.5) is 0 Å². The van der Waals surface area contributed by atoms with Gasteiger partial charge in [0, 0.05) is 32.2 Å². The molecule has 1 aromatic rings. The van der Waals surface area contributed by atoms with Crippen LogP contribution in [-0.4, -0.2) is 52.2 Å². The van der Waals surface area contributed by atoms with E-state index in [0.717, 1.165) is 39.1 Å². The summed E-state index contributed by atoms with van der Waals surface area (Å²) < 4.78 is 5.52. The monoisotopic (exact) mass is 395 g/mol. The molecule has 1 aliphatic heterocycles. The topological polar surface area (TPSA) is 71.4 Å². The quantitative estimate of drug-likeness (QED) is 0.722. The molecule has 0 bridgehead atoms. The zero-order chi connectivity index (χ0) is 21.9. The fourth-order valence-corrected chi connectivity index (χ4v) is 2.14. The number of rotatable bonds is 5. The maximum absolute atomic E-state index is 5.70. The minimum atomic E-state index is -0.191. The van der Waals surface area contributed by atoms with Crippen molar-refractivity contribution in [2.75, 3.05) is 26.2 Å². The molecule has 28 heavy (non-hydrogen) atoms. The van der Waals surface area contributed by atoms with Crippen LogP contribution in [0.3, 0.4) is 0 Å². The molecular weight excluding hydrogens is 350 g/mol. The molecule has 164 valence electrons. The first-order valence-electron chi connectivity index (χ1n) is 10.6. The summed E-state index contributed by atoms with van der Waals surface area (Å²) in [5.74, 6) is 1.19. The lowest BCUT2D eigenvalue weighted by Gasteiger charge is -2.36. The second kappa shape index (κ2) is 18.8. The molecule has 0 unspecified atom stereocenters. The van der Waals surface area contributed by atoms with Crippen molar-refractivity contribution in [3.63, 3.8) is 0 Å². The van der Waals surface area contributed by atoms with Crippen LogP contribution in [0.5, 0.6) is 0 Å². The summed E-state index contributed by atoms with van der Waals surface area (Å²) in [6, 6.07) is 0.435. The summed E-state index contributed by atoms with van der Waals surface area (Å²) in [5, 5.41) is 7.98. The van der Waals surface area contributed by atoms with Gasteiger partial charge in [-0.05, 0) is 41.0 Å². The van der Waals surface area contributed by atoms with Crippen molar-refractivity contribution in [2.45, 2.75) is 80.4 Å². The van der Waals surface area contributed by atoms with E-state index < -0.39 is 0 Å². The Balaban J connectivity index is 0.